The van der Waals surface area contributed by atoms with Gasteiger partial charge in [-0.1, -0.05) is 5.16 Å². The number of aryl methyl sites for hydroxylation is 1. The van der Waals surface area contributed by atoms with Crippen molar-refractivity contribution in [2.75, 3.05) is 25.3 Å². The van der Waals surface area contributed by atoms with Crippen molar-refractivity contribution in [3.05, 3.63) is 48.4 Å². The molecule has 0 fully saturated rings. The zero-order chi connectivity index (χ0) is 19.9. The van der Waals surface area contributed by atoms with E-state index in [2.05, 4.69) is 15.5 Å². The normalized spacial score (nSPS) is 10.1. The van der Waals surface area contributed by atoms with Crippen LogP contribution in [0.2, 0.25) is 0 Å². The molecule has 0 saturated heterocycles. The Morgan fingerprint density at radius 3 is 2.48 bits per heavy atom. The number of nitrogen functional groups attached to an aromatic ring is 1. The molecule has 0 radical (unpaired) electrons. The Bertz CT molecular complexity index is 944. The van der Waals surface area contributed by atoms with Crippen LogP contribution < -0.4 is 20.5 Å². The summed E-state index contributed by atoms with van der Waals surface area (Å²) in [5.41, 5.74) is 7.73. The smallest absolute Gasteiger partial charge is 0.226 e. The predicted octanol–water partition coefficient (Wildman–Crippen LogP) is 3.72. The summed E-state index contributed by atoms with van der Waals surface area (Å²) < 4.78 is 15.5. The molecule has 2 aromatic carbocycles. The van der Waals surface area contributed by atoms with Crippen LogP contribution in [0, 0.1) is 0 Å². The highest BCUT2D eigenvalue weighted by Gasteiger charge is 2.11. The number of nitrogens with one attached hydrogen (secondary N) is 1. The maximum absolute atomic E-state index is 12.2. The van der Waals surface area contributed by atoms with Crippen LogP contribution in [0.15, 0.2) is 47.0 Å². The molecule has 0 saturated carbocycles. The minimum atomic E-state index is -0.144. The molecule has 3 aromatic rings. The van der Waals surface area contributed by atoms with Gasteiger partial charge in [0.2, 0.25) is 17.6 Å². The van der Waals surface area contributed by atoms with E-state index in [9.17, 15) is 4.79 Å². The number of nitrogens with two attached hydrogens (primary N) is 1. The van der Waals surface area contributed by atoms with E-state index >= 15 is 0 Å². The third-order valence-electron chi connectivity index (χ3n) is 4.15. The highest BCUT2D eigenvalue weighted by Crippen LogP contribution is 2.25. The number of carbonyl (C=O) groups is 1. The van der Waals surface area contributed by atoms with E-state index in [0.717, 1.165) is 11.3 Å². The van der Waals surface area contributed by atoms with Crippen LogP contribution in [0.5, 0.6) is 11.5 Å². The van der Waals surface area contributed by atoms with E-state index in [-0.39, 0.29) is 18.3 Å². The number of hydrogen-bond acceptors (Lipinski definition) is 7. The molecule has 154 valence electrons. The molecule has 0 unspecified atom stereocenters. The number of benzene rings is 2. The fourth-order valence-electron chi connectivity index (χ4n) is 2.60. The summed E-state index contributed by atoms with van der Waals surface area (Å²) in [5, 5.41) is 6.77. The molecule has 1 aromatic heterocycles. The van der Waals surface area contributed by atoms with Gasteiger partial charge in [-0.05, 0) is 42.8 Å². The first-order valence-corrected chi connectivity index (χ1v) is 8.79. The number of hydrogen-bond donors (Lipinski definition) is 2. The van der Waals surface area contributed by atoms with E-state index in [4.69, 9.17) is 19.7 Å². The molecule has 1 amide bonds. The fourth-order valence-corrected chi connectivity index (χ4v) is 2.60. The molecule has 8 nitrogen and oxygen atoms in total. The molecule has 29 heavy (non-hydrogen) atoms. The summed E-state index contributed by atoms with van der Waals surface area (Å²) in [6, 6.07) is 12.5. The van der Waals surface area contributed by atoms with Crippen LogP contribution >= 0.6 is 12.4 Å². The van der Waals surface area contributed by atoms with E-state index < -0.39 is 0 Å². The molecular formula is C20H23ClN4O4. The van der Waals surface area contributed by atoms with E-state index in [1.807, 2.05) is 24.3 Å². The number of ether oxygens (including phenoxy) is 2. The lowest BCUT2D eigenvalue weighted by Gasteiger charge is -2.09. The number of aromatic nitrogens is 2. The first-order valence-electron chi connectivity index (χ1n) is 8.79. The second kappa shape index (κ2) is 10.3. The minimum absolute atomic E-state index is 0. The topological polar surface area (TPSA) is 112 Å². The number of carbonyl (C=O) groups excluding carboxylic acids is 1. The quantitative estimate of drug-likeness (QED) is 0.536. The Balaban J connectivity index is 0.00000300. The summed E-state index contributed by atoms with van der Waals surface area (Å²) >= 11 is 0. The number of rotatable bonds is 8. The lowest BCUT2D eigenvalue weighted by Crippen LogP contribution is -2.13. The molecule has 0 spiro atoms. The summed E-state index contributed by atoms with van der Waals surface area (Å²) in [6.07, 6.45) is 1.38. The molecule has 0 aliphatic carbocycles. The molecule has 9 heteroatoms. The summed E-state index contributed by atoms with van der Waals surface area (Å²) in [7, 11) is 3.17. The van der Waals surface area contributed by atoms with Gasteiger partial charge in [0.05, 0.1) is 25.6 Å². The van der Waals surface area contributed by atoms with Crippen LogP contribution in [0.25, 0.3) is 11.4 Å². The van der Waals surface area contributed by atoms with Crippen LogP contribution in [0.3, 0.4) is 0 Å². The summed E-state index contributed by atoms with van der Waals surface area (Å²) in [5.74, 6) is 2.23. The monoisotopic (exact) mass is 418 g/mol. The van der Waals surface area contributed by atoms with Gasteiger partial charge in [0.25, 0.3) is 0 Å². The van der Waals surface area contributed by atoms with Crippen molar-refractivity contribution in [2.24, 2.45) is 0 Å². The second-order valence-corrected chi connectivity index (χ2v) is 6.10. The third kappa shape index (κ3) is 5.86. The number of amides is 1. The molecule has 0 aliphatic rings. The van der Waals surface area contributed by atoms with Gasteiger partial charge in [-0.3, -0.25) is 4.79 Å². The van der Waals surface area contributed by atoms with Gasteiger partial charge in [-0.2, -0.15) is 4.98 Å². The van der Waals surface area contributed by atoms with Crippen LogP contribution in [0.1, 0.15) is 18.7 Å². The Morgan fingerprint density at radius 2 is 1.79 bits per heavy atom. The molecule has 0 aliphatic heterocycles. The van der Waals surface area contributed by atoms with Crippen molar-refractivity contribution in [1.82, 2.24) is 10.1 Å². The Hall–Kier alpha value is -3.26. The van der Waals surface area contributed by atoms with E-state index in [0.29, 0.717) is 48.1 Å². The van der Waals surface area contributed by atoms with Crippen molar-refractivity contribution in [2.45, 2.75) is 19.3 Å². The SMILES string of the molecule is COc1ccc(-c2noc(CCCC(=O)Nc3cc(OC)ccc3N)n2)cc1.Cl. The van der Waals surface area contributed by atoms with Gasteiger partial charge >= 0.3 is 0 Å². The van der Waals surface area contributed by atoms with E-state index in [1.54, 1.807) is 32.4 Å². The van der Waals surface area contributed by atoms with Crippen molar-refractivity contribution in [3.63, 3.8) is 0 Å². The molecule has 1 heterocycles. The largest absolute Gasteiger partial charge is 0.497 e. The maximum atomic E-state index is 12.2. The standard InChI is InChI=1S/C20H22N4O4.ClH/c1-26-14-8-6-13(7-9-14)20-23-19(28-24-20)5-3-4-18(25)22-17-12-15(27-2)10-11-16(17)21;/h6-12H,3-5,21H2,1-2H3,(H,22,25);1H. The van der Waals surface area contributed by atoms with Crippen molar-refractivity contribution >= 4 is 29.7 Å². The zero-order valence-corrected chi connectivity index (χ0v) is 17.0. The first kappa shape index (κ1) is 22.0. The van der Waals surface area contributed by atoms with Gasteiger partial charge < -0.3 is 25.0 Å². The van der Waals surface area contributed by atoms with Gasteiger partial charge in [-0.25, -0.2) is 0 Å². The lowest BCUT2D eigenvalue weighted by molar-refractivity contribution is -0.116. The first-order chi connectivity index (χ1) is 13.6. The number of halogens is 1. The lowest BCUT2D eigenvalue weighted by atomic mass is 10.2. The average Bonchev–Trinajstić information content (AvgIpc) is 3.18. The van der Waals surface area contributed by atoms with Gasteiger partial charge in [0, 0.05) is 24.5 Å². The van der Waals surface area contributed by atoms with Crippen LogP contribution in [0.4, 0.5) is 11.4 Å². The Kier molecular flexibility index (Phi) is 7.85. The van der Waals surface area contributed by atoms with Crippen LogP contribution in [-0.2, 0) is 11.2 Å². The number of anilines is 2. The minimum Gasteiger partial charge on any atom is -0.497 e. The van der Waals surface area contributed by atoms with E-state index in [1.165, 1.54) is 0 Å². The summed E-state index contributed by atoms with van der Waals surface area (Å²) in [4.78, 5) is 16.5. The highest BCUT2D eigenvalue weighted by molar-refractivity contribution is 5.94. The van der Waals surface area contributed by atoms with Gasteiger partial charge in [0.15, 0.2) is 0 Å². The molecule has 0 bridgehead atoms. The predicted molar refractivity (Wildman–Crippen MR) is 113 cm³/mol. The van der Waals surface area contributed by atoms with Crippen molar-refractivity contribution in [1.29, 1.82) is 0 Å². The Morgan fingerprint density at radius 1 is 1.10 bits per heavy atom. The zero-order valence-electron chi connectivity index (χ0n) is 16.2. The molecule has 3 rings (SSSR count). The fraction of sp³-hybridized carbons (Fsp3) is 0.250. The van der Waals surface area contributed by atoms with Crippen LogP contribution in [-0.4, -0.2) is 30.3 Å². The Labute approximate surface area is 174 Å². The van der Waals surface area contributed by atoms with Crippen molar-refractivity contribution < 1.29 is 18.8 Å². The van der Waals surface area contributed by atoms with Crippen molar-refractivity contribution in [3.8, 4) is 22.9 Å². The number of methoxy groups -OCH3 is 2. The highest BCUT2D eigenvalue weighted by atomic mass is 35.5. The summed E-state index contributed by atoms with van der Waals surface area (Å²) in [6.45, 7) is 0. The second-order valence-electron chi connectivity index (χ2n) is 6.10. The molecule has 0 atom stereocenters. The number of nitrogens with zero attached hydrogens (tertiary/aromatic N) is 2. The third-order valence-corrected chi connectivity index (χ3v) is 4.15. The van der Waals surface area contributed by atoms with Gasteiger partial charge in [-0.15, -0.1) is 12.4 Å². The van der Waals surface area contributed by atoms with Gasteiger partial charge in [0.1, 0.15) is 11.5 Å². The molecule has 3 N–H and O–H groups in total. The molecular weight excluding hydrogens is 396 g/mol. The maximum Gasteiger partial charge on any atom is 0.226 e. The average molecular weight is 419 g/mol.